The van der Waals surface area contributed by atoms with E-state index in [1.165, 1.54) is 7.05 Å². The number of amides is 1. The fraction of sp³-hybridized carbons (Fsp3) is 0.545. The molecule has 1 aromatic rings. The van der Waals surface area contributed by atoms with Crippen molar-refractivity contribution in [2.75, 3.05) is 50.2 Å². The lowest BCUT2D eigenvalue weighted by Gasteiger charge is -2.28. The van der Waals surface area contributed by atoms with Gasteiger partial charge in [0.2, 0.25) is 0 Å². The van der Waals surface area contributed by atoms with Gasteiger partial charge >= 0.3 is 0 Å². The van der Waals surface area contributed by atoms with Crippen LogP contribution in [0.25, 0.3) is 0 Å². The molecule has 1 amide bonds. The quantitative estimate of drug-likeness (QED) is 0.808. The summed E-state index contributed by atoms with van der Waals surface area (Å²) in [6.45, 7) is 2.21. The molecule has 112 valence electrons. The molecule has 0 spiro atoms. The van der Waals surface area contributed by atoms with Crippen LogP contribution in [0.1, 0.15) is 9.67 Å². The molecule has 2 rings (SSSR count). The van der Waals surface area contributed by atoms with E-state index in [2.05, 4.69) is 5.32 Å². The zero-order chi connectivity index (χ0) is 14.9. The molecule has 0 aromatic carbocycles. The van der Waals surface area contributed by atoms with Gasteiger partial charge in [-0.1, -0.05) is 0 Å². The van der Waals surface area contributed by atoms with Gasteiger partial charge in [0.15, 0.2) is 9.84 Å². The number of hydrogen-bond donors (Lipinski definition) is 2. The smallest absolute Gasteiger partial charge is 0.263 e. The first-order valence-corrected chi connectivity index (χ1v) is 8.74. The highest BCUT2D eigenvalue weighted by Crippen LogP contribution is 2.41. The Morgan fingerprint density at radius 2 is 2.00 bits per heavy atom. The molecule has 2 heterocycles. The average Bonchev–Trinajstić information content (AvgIpc) is 2.76. The van der Waals surface area contributed by atoms with Crippen LogP contribution in [0, 0.1) is 0 Å². The summed E-state index contributed by atoms with van der Waals surface area (Å²) in [6.07, 6.45) is 1.10. The van der Waals surface area contributed by atoms with E-state index in [0.717, 1.165) is 17.6 Å². The lowest BCUT2D eigenvalue weighted by atomic mass is 10.3. The average molecular weight is 319 g/mol. The van der Waals surface area contributed by atoms with Gasteiger partial charge in [-0.05, 0) is 0 Å². The standard InChI is InChI=1S/C11H17N3O4S2/c1-13-10(15)8-7(12)9(20(2,16)17)11(19-8)14-3-5-18-6-4-14/h3-6,12H2,1-2H3,(H,13,15). The molecule has 1 aliphatic heterocycles. The van der Waals surface area contributed by atoms with Gasteiger partial charge in [-0.2, -0.15) is 0 Å². The monoisotopic (exact) mass is 319 g/mol. The molecule has 0 atom stereocenters. The van der Waals surface area contributed by atoms with Crippen molar-refractivity contribution in [3.8, 4) is 0 Å². The summed E-state index contributed by atoms with van der Waals surface area (Å²) in [5, 5.41) is 2.99. The molecule has 0 saturated carbocycles. The Balaban J connectivity index is 2.57. The van der Waals surface area contributed by atoms with Crippen LogP contribution in [0.2, 0.25) is 0 Å². The van der Waals surface area contributed by atoms with Crippen molar-refractivity contribution in [3.05, 3.63) is 4.88 Å². The van der Waals surface area contributed by atoms with E-state index in [4.69, 9.17) is 10.5 Å². The topological polar surface area (TPSA) is 102 Å². The van der Waals surface area contributed by atoms with Crippen LogP contribution >= 0.6 is 11.3 Å². The van der Waals surface area contributed by atoms with E-state index in [0.29, 0.717) is 31.3 Å². The van der Waals surface area contributed by atoms with Crippen molar-refractivity contribution < 1.29 is 17.9 Å². The normalized spacial score (nSPS) is 16.2. The Kier molecular flexibility index (Phi) is 4.21. The Hall–Kier alpha value is -1.32. The number of nitrogen functional groups attached to an aromatic ring is 1. The molecule has 9 heteroatoms. The third-order valence-corrected chi connectivity index (χ3v) is 5.53. The second-order valence-corrected chi connectivity index (χ2v) is 7.38. The number of sulfone groups is 1. The van der Waals surface area contributed by atoms with E-state index < -0.39 is 9.84 Å². The van der Waals surface area contributed by atoms with E-state index in [1.54, 1.807) is 0 Å². The number of anilines is 2. The highest BCUT2D eigenvalue weighted by molar-refractivity contribution is 7.91. The number of rotatable bonds is 3. The number of morpholine rings is 1. The molecule has 1 saturated heterocycles. The van der Waals surface area contributed by atoms with Gasteiger partial charge in [0, 0.05) is 26.4 Å². The van der Waals surface area contributed by atoms with Crippen LogP contribution in [-0.2, 0) is 14.6 Å². The second-order valence-electron chi connectivity index (χ2n) is 4.43. The Morgan fingerprint density at radius 3 is 2.50 bits per heavy atom. The molecule has 7 nitrogen and oxygen atoms in total. The number of nitrogens with two attached hydrogens (primary N) is 1. The number of carbonyl (C=O) groups excluding carboxylic acids is 1. The van der Waals surface area contributed by atoms with Crippen molar-refractivity contribution in [3.63, 3.8) is 0 Å². The number of thiophene rings is 1. The Bertz CT molecular complexity index is 618. The van der Waals surface area contributed by atoms with E-state index in [1.807, 2.05) is 4.90 Å². The molecule has 1 fully saturated rings. The molecule has 20 heavy (non-hydrogen) atoms. The van der Waals surface area contributed by atoms with Crippen LogP contribution in [0.3, 0.4) is 0 Å². The van der Waals surface area contributed by atoms with Gasteiger partial charge in [0.05, 0.1) is 18.9 Å². The molecular weight excluding hydrogens is 302 g/mol. The van der Waals surface area contributed by atoms with Gasteiger partial charge in [-0.25, -0.2) is 8.42 Å². The van der Waals surface area contributed by atoms with Crippen molar-refractivity contribution in [2.24, 2.45) is 0 Å². The van der Waals surface area contributed by atoms with Crippen LogP contribution in [0.15, 0.2) is 4.90 Å². The van der Waals surface area contributed by atoms with Gasteiger partial charge in [-0.15, -0.1) is 11.3 Å². The van der Waals surface area contributed by atoms with Crippen LogP contribution < -0.4 is 16.0 Å². The lowest BCUT2D eigenvalue weighted by Crippen LogP contribution is -2.36. The molecule has 0 aliphatic carbocycles. The fourth-order valence-corrected chi connectivity index (χ4v) is 4.74. The van der Waals surface area contributed by atoms with Crippen LogP contribution in [0.5, 0.6) is 0 Å². The zero-order valence-corrected chi connectivity index (χ0v) is 12.9. The summed E-state index contributed by atoms with van der Waals surface area (Å²) in [4.78, 5) is 14.0. The third-order valence-electron chi connectivity index (χ3n) is 2.98. The molecule has 0 bridgehead atoms. The van der Waals surface area contributed by atoms with Gasteiger partial charge < -0.3 is 20.7 Å². The number of carbonyl (C=O) groups is 1. The number of nitrogens with zero attached hydrogens (tertiary/aromatic N) is 1. The van der Waals surface area contributed by atoms with Crippen LogP contribution in [0.4, 0.5) is 10.7 Å². The largest absolute Gasteiger partial charge is 0.396 e. The Labute approximate surface area is 121 Å². The van der Waals surface area contributed by atoms with Crippen molar-refractivity contribution in [1.29, 1.82) is 0 Å². The summed E-state index contributed by atoms with van der Waals surface area (Å²) in [5.41, 5.74) is 5.91. The molecule has 0 unspecified atom stereocenters. The number of hydrogen-bond acceptors (Lipinski definition) is 7. The zero-order valence-electron chi connectivity index (χ0n) is 11.3. The number of nitrogens with one attached hydrogen (secondary N) is 1. The lowest BCUT2D eigenvalue weighted by molar-refractivity contribution is 0.0968. The van der Waals surface area contributed by atoms with Gasteiger partial charge in [0.1, 0.15) is 14.8 Å². The van der Waals surface area contributed by atoms with Crippen molar-refractivity contribution in [1.82, 2.24) is 5.32 Å². The minimum atomic E-state index is -3.51. The van der Waals surface area contributed by atoms with Crippen molar-refractivity contribution >= 4 is 37.8 Å². The maximum Gasteiger partial charge on any atom is 0.263 e. The second kappa shape index (κ2) is 5.58. The first kappa shape index (κ1) is 15.1. The maximum absolute atomic E-state index is 12.0. The summed E-state index contributed by atoms with van der Waals surface area (Å²) in [6, 6.07) is 0. The maximum atomic E-state index is 12.0. The molecule has 1 aromatic heterocycles. The minimum absolute atomic E-state index is 0.0262. The SMILES string of the molecule is CNC(=O)c1sc(N2CCOCC2)c(S(C)(=O)=O)c1N. The fourth-order valence-electron chi connectivity index (χ4n) is 2.03. The summed E-state index contributed by atoms with van der Waals surface area (Å²) >= 11 is 1.11. The first-order valence-electron chi connectivity index (χ1n) is 6.03. The Morgan fingerprint density at radius 1 is 1.40 bits per heavy atom. The number of ether oxygens (including phenoxy) is 1. The van der Waals surface area contributed by atoms with Crippen LogP contribution in [-0.4, -0.2) is 53.9 Å². The van der Waals surface area contributed by atoms with Gasteiger partial charge in [-0.3, -0.25) is 4.79 Å². The summed E-state index contributed by atoms with van der Waals surface area (Å²) in [5.74, 6) is -0.378. The predicted molar refractivity (Wildman–Crippen MR) is 78.3 cm³/mol. The van der Waals surface area contributed by atoms with E-state index in [-0.39, 0.29) is 21.4 Å². The first-order chi connectivity index (χ1) is 9.36. The van der Waals surface area contributed by atoms with E-state index in [9.17, 15) is 13.2 Å². The minimum Gasteiger partial charge on any atom is -0.396 e. The highest BCUT2D eigenvalue weighted by Gasteiger charge is 2.30. The summed E-state index contributed by atoms with van der Waals surface area (Å²) < 4.78 is 29.2. The van der Waals surface area contributed by atoms with E-state index >= 15 is 0 Å². The molecule has 3 N–H and O–H groups in total. The third kappa shape index (κ3) is 2.74. The molecular formula is C11H17N3O4S2. The summed E-state index contributed by atoms with van der Waals surface area (Å²) in [7, 11) is -2.03. The molecule has 1 aliphatic rings. The highest BCUT2D eigenvalue weighted by atomic mass is 32.2. The predicted octanol–water partition coefficient (Wildman–Crippen LogP) is -0.0700. The van der Waals surface area contributed by atoms with Crippen molar-refractivity contribution in [2.45, 2.75) is 4.90 Å². The van der Waals surface area contributed by atoms with Gasteiger partial charge in [0.25, 0.3) is 5.91 Å². The molecule has 0 radical (unpaired) electrons.